The first-order chi connectivity index (χ1) is 10.1. The van der Waals surface area contributed by atoms with Gasteiger partial charge in [0.25, 0.3) is 0 Å². The number of carbonyl (C=O) groups is 1. The van der Waals surface area contributed by atoms with E-state index in [0.29, 0.717) is 6.61 Å². The molecule has 4 nitrogen and oxygen atoms in total. The van der Waals surface area contributed by atoms with Crippen LogP contribution in [0.5, 0.6) is 5.75 Å². The van der Waals surface area contributed by atoms with Gasteiger partial charge in [-0.2, -0.15) is 0 Å². The van der Waals surface area contributed by atoms with Crippen molar-refractivity contribution in [1.82, 2.24) is 4.98 Å². The van der Waals surface area contributed by atoms with Crippen LogP contribution in [0.15, 0.2) is 12.3 Å². The fourth-order valence-corrected chi connectivity index (χ4v) is 3.04. The van der Waals surface area contributed by atoms with Crippen LogP contribution in [0.25, 0.3) is 6.08 Å². The molecule has 0 amide bonds. The van der Waals surface area contributed by atoms with Crippen molar-refractivity contribution in [3.63, 3.8) is 0 Å². The number of nitrogens with zero attached hydrogens (tertiary/aromatic N) is 1. The Morgan fingerprint density at radius 1 is 1.33 bits per heavy atom. The van der Waals surface area contributed by atoms with Gasteiger partial charge in [0.2, 0.25) is 5.79 Å². The smallest absolute Gasteiger partial charge is 0.210 e. The first-order valence-electron chi connectivity index (χ1n) is 7.60. The molecule has 0 atom stereocenters. The Morgan fingerprint density at radius 3 is 2.81 bits per heavy atom. The maximum atomic E-state index is 11.1. The van der Waals surface area contributed by atoms with E-state index >= 15 is 0 Å². The number of hydrogen-bond donors (Lipinski definition) is 0. The highest BCUT2D eigenvalue weighted by molar-refractivity contribution is 5.91. The van der Waals surface area contributed by atoms with Gasteiger partial charge in [-0.1, -0.05) is 6.42 Å². The van der Waals surface area contributed by atoms with Crippen LogP contribution in [0.1, 0.15) is 55.8 Å². The molecular formula is C17H21NO3. The lowest BCUT2D eigenvalue weighted by atomic mass is 9.92. The van der Waals surface area contributed by atoms with Crippen LogP contribution in [-0.4, -0.2) is 16.6 Å². The second kappa shape index (κ2) is 5.60. The molecule has 0 bridgehead atoms. The number of aromatic nitrogens is 1. The Morgan fingerprint density at radius 2 is 2.10 bits per heavy atom. The number of allylic oxidation sites excluding steroid dienone is 1. The average molecular weight is 287 g/mol. The number of fused-ring (bicyclic) bond motifs is 1. The lowest BCUT2D eigenvalue weighted by Gasteiger charge is -2.41. The highest BCUT2D eigenvalue weighted by Gasteiger charge is 2.40. The minimum Gasteiger partial charge on any atom is -0.460 e. The Bertz CT molecular complexity index is 586. The summed E-state index contributed by atoms with van der Waals surface area (Å²) in [5.74, 6) is 0.403. The SMILES string of the molecule is CC(=O)/C=C/c1cnc(C)c2c1COC1(CCCCC1)O2. The van der Waals surface area contributed by atoms with Crippen molar-refractivity contribution >= 4 is 11.9 Å². The fourth-order valence-electron chi connectivity index (χ4n) is 3.04. The van der Waals surface area contributed by atoms with E-state index in [1.54, 1.807) is 18.3 Å². The minimum absolute atomic E-state index is 0.0192. The zero-order valence-electron chi connectivity index (χ0n) is 12.6. The van der Waals surface area contributed by atoms with E-state index in [2.05, 4.69) is 4.98 Å². The maximum Gasteiger partial charge on any atom is 0.210 e. The molecule has 0 saturated heterocycles. The van der Waals surface area contributed by atoms with Gasteiger partial charge in [-0.25, -0.2) is 0 Å². The molecule has 21 heavy (non-hydrogen) atoms. The van der Waals surface area contributed by atoms with Gasteiger partial charge in [0.05, 0.1) is 12.3 Å². The first-order valence-corrected chi connectivity index (χ1v) is 7.60. The quantitative estimate of drug-likeness (QED) is 0.780. The molecule has 0 aromatic carbocycles. The number of rotatable bonds is 2. The number of hydrogen-bond acceptors (Lipinski definition) is 4. The Kier molecular flexibility index (Phi) is 3.81. The summed E-state index contributed by atoms with van der Waals surface area (Å²) in [4.78, 5) is 15.5. The summed E-state index contributed by atoms with van der Waals surface area (Å²) in [6.07, 6.45) is 10.5. The fraction of sp³-hybridized carbons (Fsp3) is 0.529. The average Bonchev–Trinajstić information content (AvgIpc) is 2.48. The van der Waals surface area contributed by atoms with Crippen LogP contribution in [0.4, 0.5) is 0 Å². The molecule has 3 rings (SSSR count). The summed E-state index contributed by atoms with van der Waals surface area (Å²) < 4.78 is 12.3. The molecule has 1 aliphatic heterocycles. The summed E-state index contributed by atoms with van der Waals surface area (Å²) in [6, 6.07) is 0. The lowest BCUT2D eigenvalue weighted by Crippen LogP contribution is -2.44. The van der Waals surface area contributed by atoms with Gasteiger partial charge in [-0.3, -0.25) is 9.78 Å². The molecule has 1 aromatic rings. The van der Waals surface area contributed by atoms with Crippen molar-refractivity contribution in [3.05, 3.63) is 29.1 Å². The van der Waals surface area contributed by atoms with E-state index < -0.39 is 5.79 Å². The zero-order chi connectivity index (χ0) is 14.9. The lowest BCUT2D eigenvalue weighted by molar-refractivity contribution is -0.222. The highest BCUT2D eigenvalue weighted by atomic mass is 16.7. The predicted octanol–water partition coefficient (Wildman–Crippen LogP) is 3.56. The Labute approximate surface area is 125 Å². The van der Waals surface area contributed by atoms with Gasteiger partial charge in [0.1, 0.15) is 5.75 Å². The standard InChI is InChI=1S/C17H21NO3/c1-12(19)6-7-14-10-18-13(2)16-15(14)11-20-17(21-16)8-4-3-5-9-17/h6-7,10H,3-5,8-9,11H2,1-2H3/b7-6+. The van der Waals surface area contributed by atoms with Crippen molar-refractivity contribution in [2.75, 3.05) is 0 Å². The van der Waals surface area contributed by atoms with E-state index in [1.165, 1.54) is 13.3 Å². The topological polar surface area (TPSA) is 48.4 Å². The normalized spacial score (nSPS) is 20.3. The molecule has 2 aliphatic rings. The monoisotopic (exact) mass is 287 g/mol. The van der Waals surface area contributed by atoms with Crippen LogP contribution < -0.4 is 4.74 Å². The second-order valence-corrected chi connectivity index (χ2v) is 5.91. The van der Waals surface area contributed by atoms with Crippen molar-refractivity contribution in [3.8, 4) is 5.75 Å². The molecule has 112 valence electrons. The van der Waals surface area contributed by atoms with Crippen molar-refractivity contribution in [2.45, 2.75) is 58.3 Å². The summed E-state index contributed by atoms with van der Waals surface area (Å²) in [6.45, 7) is 4.02. The van der Waals surface area contributed by atoms with Gasteiger partial charge in [0.15, 0.2) is 5.78 Å². The van der Waals surface area contributed by atoms with Gasteiger partial charge >= 0.3 is 0 Å². The van der Waals surface area contributed by atoms with Gasteiger partial charge in [-0.15, -0.1) is 0 Å². The van der Waals surface area contributed by atoms with E-state index in [4.69, 9.17) is 9.47 Å². The van der Waals surface area contributed by atoms with E-state index in [-0.39, 0.29) is 5.78 Å². The molecule has 4 heteroatoms. The predicted molar refractivity (Wildman–Crippen MR) is 79.9 cm³/mol. The minimum atomic E-state index is -0.458. The van der Waals surface area contributed by atoms with Gasteiger partial charge in [-0.05, 0) is 38.8 Å². The largest absolute Gasteiger partial charge is 0.460 e. The van der Waals surface area contributed by atoms with Gasteiger partial charge in [0, 0.05) is 30.2 Å². The van der Waals surface area contributed by atoms with Crippen LogP contribution in [0.2, 0.25) is 0 Å². The zero-order valence-corrected chi connectivity index (χ0v) is 12.6. The molecule has 1 saturated carbocycles. The van der Waals surface area contributed by atoms with E-state index in [0.717, 1.165) is 48.3 Å². The summed E-state index contributed by atoms with van der Waals surface area (Å²) in [7, 11) is 0. The first kappa shape index (κ1) is 14.3. The number of pyridine rings is 1. The van der Waals surface area contributed by atoms with E-state index in [9.17, 15) is 4.79 Å². The number of ether oxygens (including phenoxy) is 2. The van der Waals surface area contributed by atoms with Crippen molar-refractivity contribution in [1.29, 1.82) is 0 Å². The molecule has 1 aliphatic carbocycles. The third-order valence-electron chi connectivity index (χ3n) is 4.23. The second-order valence-electron chi connectivity index (χ2n) is 5.91. The van der Waals surface area contributed by atoms with Crippen LogP contribution in [0, 0.1) is 6.92 Å². The molecule has 0 N–H and O–H groups in total. The number of aryl methyl sites for hydroxylation is 1. The molecule has 0 radical (unpaired) electrons. The third kappa shape index (κ3) is 2.86. The number of carbonyl (C=O) groups excluding carboxylic acids is 1. The van der Waals surface area contributed by atoms with Crippen molar-refractivity contribution in [2.24, 2.45) is 0 Å². The van der Waals surface area contributed by atoms with Gasteiger partial charge < -0.3 is 9.47 Å². The Hall–Kier alpha value is -1.68. The molecular weight excluding hydrogens is 266 g/mol. The number of ketones is 1. The summed E-state index contributed by atoms with van der Waals surface area (Å²) >= 11 is 0. The molecule has 1 fully saturated rings. The van der Waals surface area contributed by atoms with Crippen molar-refractivity contribution < 1.29 is 14.3 Å². The molecule has 2 heterocycles. The third-order valence-corrected chi connectivity index (χ3v) is 4.23. The van der Waals surface area contributed by atoms with Crippen LogP contribution in [-0.2, 0) is 16.1 Å². The Balaban J connectivity index is 1.94. The van der Waals surface area contributed by atoms with Crippen LogP contribution >= 0.6 is 0 Å². The molecule has 1 spiro atoms. The maximum absolute atomic E-state index is 11.1. The highest BCUT2D eigenvalue weighted by Crippen LogP contribution is 2.42. The van der Waals surface area contributed by atoms with Crippen LogP contribution in [0.3, 0.4) is 0 Å². The molecule has 0 unspecified atom stereocenters. The van der Waals surface area contributed by atoms with E-state index in [1.807, 2.05) is 6.92 Å². The molecule has 1 aromatic heterocycles. The summed E-state index contributed by atoms with van der Waals surface area (Å²) in [5.41, 5.74) is 2.78. The summed E-state index contributed by atoms with van der Waals surface area (Å²) in [5, 5.41) is 0.